The molecule has 1 aliphatic carbocycles. The van der Waals surface area contributed by atoms with Crippen molar-refractivity contribution in [2.45, 2.75) is 36.5 Å². The highest BCUT2D eigenvalue weighted by Gasteiger charge is 2.64. The number of primary amides is 1. The van der Waals surface area contributed by atoms with E-state index < -0.39 is 46.7 Å². The summed E-state index contributed by atoms with van der Waals surface area (Å²) in [7, 11) is 0.763. The van der Waals surface area contributed by atoms with E-state index in [2.05, 4.69) is 16.3 Å². The van der Waals surface area contributed by atoms with E-state index in [4.69, 9.17) is 5.73 Å². The van der Waals surface area contributed by atoms with Crippen molar-refractivity contribution in [3.63, 3.8) is 0 Å². The lowest BCUT2D eigenvalue weighted by atomic mass is 9.90. The number of rotatable bonds is 5. The van der Waals surface area contributed by atoms with E-state index in [0.717, 1.165) is 19.4 Å². The predicted octanol–water partition coefficient (Wildman–Crippen LogP) is 4.60. The molecule has 190 valence electrons. The van der Waals surface area contributed by atoms with E-state index in [1.165, 1.54) is 18.2 Å². The molecule has 1 aliphatic rings. The van der Waals surface area contributed by atoms with Gasteiger partial charge in [0.2, 0.25) is 5.91 Å². The molecule has 7 nitrogen and oxygen atoms in total. The molecule has 0 bridgehead atoms. The third kappa shape index (κ3) is 3.86. The van der Waals surface area contributed by atoms with Crippen LogP contribution in [-0.4, -0.2) is 31.6 Å². The summed E-state index contributed by atoms with van der Waals surface area (Å²) in [5.41, 5.74) is 0.450. The van der Waals surface area contributed by atoms with Crippen LogP contribution in [0.5, 0.6) is 0 Å². The van der Waals surface area contributed by atoms with E-state index in [0.29, 0.717) is 23.1 Å². The van der Waals surface area contributed by atoms with Crippen molar-refractivity contribution in [2.24, 2.45) is 12.8 Å². The van der Waals surface area contributed by atoms with Gasteiger partial charge in [0.05, 0.1) is 17.7 Å². The maximum absolute atomic E-state index is 13.9. The highest BCUT2D eigenvalue weighted by atomic mass is 19.4. The fraction of sp³-hybridized carbons (Fsp3) is 0.333. The Kier molecular flexibility index (Phi) is 5.43. The first-order chi connectivity index (χ1) is 16.5. The summed E-state index contributed by atoms with van der Waals surface area (Å²) in [4.78, 5) is 12.0. The van der Waals surface area contributed by atoms with Crippen molar-refractivity contribution >= 4 is 5.91 Å². The molecule has 0 aliphatic heterocycles. The molecule has 1 saturated carbocycles. The van der Waals surface area contributed by atoms with Crippen LogP contribution in [0.4, 0.5) is 35.1 Å². The molecular formula is C21H14F8N6O. The summed E-state index contributed by atoms with van der Waals surface area (Å²) in [6.45, 7) is 0. The van der Waals surface area contributed by atoms with Gasteiger partial charge < -0.3 is 5.73 Å². The minimum Gasteiger partial charge on any atom is -0.366 e. The van der Waals surface area contributed by atoms with Crippen LogP contribution < -0.4 is 5.73 Å². The van der Waals surface area contributed by atoms with E-state index in [1.807, 2.05) is 0 Å². The van der Waals surface area contributed by atoms with Crippen LogP contribution in [-0.2, 0) is 24.6 Å². The third-order valence-electron chi connectivity index (χ3n) is 5.85. The second-order valence-corrected chi connectivity index (χ2v) is 8.23. The van der Waals surface area contributed by atoms with Crippen molar-refractivity contribution in [3.8, 4) is 23.0 Å². The number of amides is 1. The normalized spacial score (nSPS) is 15.6. The molecule has 0 radical (unpaired) electrons. The van der Waals surface area contributed by atoms with Gasteiger partial charge in [0.15, 0.2) is 11.5 Å². The first-order valence-corrected chi connectivity index (χ1v) is 10.0. The first kappa shape index (κ1) is 25.1. The van der Waals surface area contributed by atoms with Gasteiger partial charge >= 0.3 is 18.3 Å². The molecule has 0 saturated heterocycles. The molecule has 3 aromatic rings. The zero-order valence-electron chi connectivity index (χ0n) is 18.0. The molecule has 2 N–H and O–H groups in total. The van der Waals surface area contributed by atoms with E-state index in [-0.39, 0.29) is 21.4 Å². The van der Waals surface area contributed by atoms with Crippen molar-refractivity contribution in [2.75, 3.05) is 0 Å². The number of nitrogens with two attached hydrogens (primary N) is 1. The Balaban J connectivity index is 1.84. The highest BCUT2D eigenvalue weighted by molar-refractivity contribution is 5.96. The molecule has 0 spiro atoms. The first-order valence-electron chi connectivity index (χ1n) is 10.0. The number of aromatic nitrogens is 4. The second-order valence-electron chi connectivity index (χ2n) is 8.23. The summed E-state index contributed by atoms with van der Waals surface area (Å²) in [5.74, 6) is -7.93. The molecule has 2 aromatic heterocycles. The van der Waals surface area contributed by atoms with Crippen LogP contribution in [0.2, 0.25) is 0 Å². The Labute approximate surface area is 196 Å². The van der Waals surface area contributed by atoms with Gasteiger partial charge in [0, 0.05) is 24.4 Å². The van der Waals surface area contributed by atoms with Crippen molar-refractivity contribution < 1.29 is 39.9 Å². The quantitative estimate of drug-likeness (QED) is 0.499. The number of hydrogen-bond acceptors (Lipinski definition) is 4. The lowest BCUT2D eigenvalue weighted by molar-refractivity contribution is -0.292. The molecule has 1 aromatic carbocycles. The van der Waals surface area contributed by atoms with Crippen molar-refractivity contribution in [1.82, 2.24) is 19.6 Å². The summed E-state index contributed by atoms with van der Waals surface area (Å²) < 4.78 is 108. The molecule has 4 rings (SSSR count). The average Bonchev–Trinajstić information content (AvgIpc) is 3.25. The Morgan fingerprint density at radius 1 is 1.11 bits per heavy atom. The molecule has 0 atom stereocenters. The number of nitrogens with zero attached hydrogens (tertiary/aromatic N) is 5. The fourth-order valence-corrected chi connectivity index (χ4v) is 3.89. The molecular weight excluding hydrogens is 504 g/mol. The van der Waals surface area contributed by atoms with Gasteiger partial charge in [-0.3, -0.25) is 4.79 Å². The fourth-order valence-electron chi connectivity index (χ4n) is 3.89. The predicted molar refractivity (Wildman–Crippen MR) is 106 cm³/mol. The van der Waals surface area contributed by atoms with Crippen molar-refractivity contribution in [1.29, 1.82) is 5.26 Å². The number of aryl methyl sites for hydroxylation is 1. The van der Waals surface area contributed by atoms with E-state index in [9.17, 15) is 45.2 Å². The average molecular weight is 518 g/mol. The Hall–Kier alpha value is -3.96. The van der Waals surface area contributed by atoms with Crippen LogP contribution in [0.3, 0.4) is 0 Å². The zero-order chi connectivity index (χ0) is 26.8. The van der Waals surface area contributed by atoms with Crippen LogP contribution in [0, 0.1) is 11.3 Å². The largest absolute Gasteiger partial charge is 0.459 e. The topological polar surface area (TPSA) is 103 Å². The summed E-state index contributed by atoms with van der Waals surface area (Å²) in [5, 5.41) is 16.0. The van der Waals surface area contributed by atoms with Gasteiger partial charge in [-0.05, 0) is 30.0 Å². The third-order valence-corrected chi connectivity index (χ3v) is 5.85. The molecule has 0 unspecified atom stereocenters. The van der Waals surface area contributed by atoms with Crippen LogP contribution in [0.1, 0.15) is 40.0 Å². The summed E-state index contributed by atoms with van der Waals surface area (Å²) >= 11 is 0. The number of carbonyl (C=O) groups is 1. The second kappa shape index (κ2) is 7.77. The van der Waals surface area contributed by atoms with Crippen LogP contribution >= 0.6 is 0 Å². The van der Waals surface area contributed by atoms with Gasteiger partial charge in [-0.2, -0.15) is 50.6 Å². The van der Waals surface area contributed by atoms with Crippen molar-refractivity contribution in [3.05, 3.63) is 53.0 Å². The Morgan fingerprint density at radius 2 is 1.75 bits per heavy atom. The number of hydrogen-bond donors (Lipinski definition) is 1. The van der Waals surface area contributed by atoms with E-state index in [1.54, 1.807) is 0 Å². The van der Waals surface area contributed by atoms with Crippen LogP contribution in [0.15, 0.2) is 30.6 Å². The van der Waals surface area contributed by atoms with Gasteiger partial charge in [-0.1, -0.05) is 12.1 Å². The van der Waals surface area contributed by atoms with Gasteiger partial charge in [0.1, 0.15) is 5.56 Å². The van der Waals surface area contributed by atoms with Gasteiger partial charge in [0.25, 0.3) is 0 Å². The summed E-state index contributed by atoms with van der Waals surface area (Å²) in [6.07, 6.45) is -9.00. The maximum atomic E-state index is 13.9. The molecule has 1 amide bonds. The monoisotopic (exact) mass is 518 g/mol. The lowest BCUT2D eigenvalue weighted by Crippen LogP contribution is -2.36. The van der Waals surface area contributed by atoms with E-state index >= 15 is 0 Å². The zero-order valence-corrected chi connectivity index (χ0v) is 18.0. The van der Waals surface area contributed by atoms with Crippen LogP contribution in [0.25, 0.3) is 16.9 Å². The highest BCUT2D eigenvalue weighted by Crippen LogP contribution is 2.50. The maximum Gasteiger partial charge on any atom is 0.459 e. The number of carbonyl (C=O) groups excluding carboxylic acids is 1. The minimum atomic E-state index is -6.33. The molecule has 15 heteroatoms. The number of nitriles is 1. The lowest BCUT2D eigenvalue weighted by Gasteiger charge is -2.19. The number of benzene rings is 1. The summed E-state index contributed by atoms with van der Waals surface area (Å²) in [6, 6.07) is 6.34. The minimum absolute atomic E-state index is 0.00270. The number of halogens is 8. The van der Waals surface area contributed by atoms with Gasteiger partial charge in [-0.25, -0.2) is 9.36 Å². The number of alkyl halides is 8. The Bertz CT molecular complexity index is 1410. The van der Waals surface area contributed by atoms with Gasteiger partial charge in [-0.15, -0.1) is 0 Å². The molecule has 1 fully saturated rings. The SMILES string of the molecule is Cn1nc(C(F)(F)C(F)(F)F)c(C(F)(F)F)c1-n1cc(-c2ccc(C3(C#N)CC3)c(C(N)=O)c2)cn1. The standard InChI is InChI=1S/C21H14F8N6O/c1-34-17(14(20(24,25)26)15(33-34)19(22,23)21(27,28)29)35-8-11(7-32-35)10-2-3-13(12(6-10)16(31)36)18(9-30)4-5-18/h2-3,6-8H,4-5H2,1H3,(H2,31,36). The molecule has 36 heavy (non-hydrogen) atoms. The smallest absolute Gasteiger partial charge is 0.366 e. The Morgan fingerprint density at radius 3 is 2.25 bits per heavy atom. The molecule has 2 heterocycles.